The van der Waals surface area contributed by atoms with Gasteiger partial charge < -0.3 is 4.74 Å². The van der Waals surface area contributed by atoms with Gasteiger partial charge in [-0.3, -0.25) is 4.79 Å². The van der Waals surface area contributed by atoms with Crippen LogP contribution in [0.2, 0.25) is 0 Å². The van der Waals surface area contributed by atoms with E-state index in [9.17, 15) is 13.2 Å². The van der Waals surface area contributed by atoms with E-state index in [4.69, 9.17) is 4.74 Å². The minimum absolute atomic E-state index is 0.0905. The van der Waals surface area contributed by atoms with Gasteiger partial charge in [-0.2, -0.15) is 0 Å². The van der Waals surface area contributed by atoms with Crippen molar-refractivity contribution in [1.82, 2.24) is 0 Å². The van der Waals surface area contributed by atoms with E-state index in [0.29, 0.717) is 28.6 Å². The van der Waals surface area contributed by atoms with Gasteiger partial charge in [0, 0.05) is 11.8 Å². The Labute approximate surface area is 133 Å². The van der Waals surface area contributed by atoms with Crippen molar-refractivity contribution in [2.45, 2.75) is 37.2 Å². The Morgan fingerprint density at radius 1 is 1.24 bits per heavy atom. The average Bonchev–Trinajstić information content (AvgIpc) is 2.72. The summed E-state index contributed by atoms with van der Waals surface area (Å²) in [6.45, 7) is 3.80. The second kappa shape index (κ2) is 5.57. The van der Waals surface area contributed by atoms with Crippen molar-refractivity contribution in [2.75, 3.05) is 6.26 Å². The molecule has 0 N–H and O–H groups in total. The van der Waals surface area contributed by atoms with E-state index < -0.39 is 15.4 Å². The molecule has 0 bridgehead atoms. The van der Waals surface area contributed by atoms with Crippen molar-refractivity contribution < 1.29 is 17.9 Å². The number of halogens is 1. The number of ketones is 1. The Kier molecular flexibility index (Phi) is 4.31. The molecule has 114 valence electrons. The molecule has 0 saturated heterocycles. The second-order valence-electron chi connectivity index (χ2n) is 5.08. The fourth-order valence-electron chi connectivity index (χ4n) is 2.36. The van der Waals surface area contributed by atoms with Crippen molar-refractivity contribution in [3.8, 4) is 0 Å². The molecule has 1 aromatic rings. The van der Waals surface area contributed by atoms with Gasteiger partial charge in [0.25, 0.3) is 0 Å². The van der Waals surface area contributed by atoms with Gasteiger partial charge in [0.15, 0.2) is 15.4 Å². The summed E-state index contributed by atoms with van der Waals surface area (Å²) in [6, 6.07) is 6.43. The molecule has 0 aliphatic carbocycles. The van der Waals surface area contributed by atoms with Gasteiger partial charge >= 0.3 is 0 Å². The highest BCUT2D eigenvalue weighted by Gasteiger charge is 2.46. The first-order valence-corrected chi connectivity index (χ1v) is 9.37. The molecule has 0 spiro atoms. The summed E-state index contributed by atoms with van der Waals surface area (Å²) in [7, 11) is -3.30. The highest BCUT2D eigenvalue weighted by molar-refractivity contribution is 9.12. The normalized spacial score (nSPS) is 18.0. The topological polar surface area (TPSA) is 60.4 Å². The smallest absolute Gasteiger partial charge is 0.217 e. The highest BCUT2D eigenvalue weighted by Crippen LogP contribution is 2.42. The standard InChI is InChI=1S/C15H17BrO4S/c1-4-15(5-2)14(17)12(16)13(20-15)10-7-6-8-11(9-10)21(3,18)19/h6-9H,4-5H2,1-3H3. The lowest BCUT2D eigenvalue weighted by Crippen LogP contribution is -2.35. The molecule has 0 radical (unpaired) electrons. The van der Waals surface area contributed by atoms with Crippen LogP contribution in [0, 0.1) is 0 Å². The largest absolute Gasteiger partial charge is 0.477 e. The zero-order valence-electron chi connectivity index (χ0n) is 12.1. The first-order valence-electron chi connectivity index (χ1n) is 6.69. The van der Waals surface area contributed by atoms with Crippen molar-refractivity contribution >= 4 is 37.3 Å². The molecule has 1 heterocycles. The molecular weight excluding hydrogens is 356 g/mol. The molecule has 0 amide bonds. The molecule has 0 unspecified atom stereocenters. The lowest BCUT2D eigenvalue weighted by Gasteiger charge is -2.25. The minimum Gasteiger partial charge on any atom is -0.477 e. The summed E-state index contributed by atoms with van der Waals surface area (Å²) in [5.74, 6) is 0.321. The van der Waals surface area contributed by atoms with Crippen molar-refractivity contribution in [3.05, 3.63) is 34.3 Å². The van der Waals surface area contributed by atoms with E-state index in [-0.39, 0.29) is 10.7 Å². The van der Waals surface area contributed by atoms with Gasteiger partial charge in [0.2, 0.25) is 5.78 Å². The molecule has 2 rings (SSSR count). The predicted octanol–water partition coefficient (Wildman–Crippen LogP) is 3.31. The third kappa shape index (κ3) is 2.79. The molecular formula is C15H17BrO4S. The van der Waals surface area contributed by atoms with Crippen LogP contribution >= 0.6 is 15.9 Å². The number of sulfone groups is 1. The van der Waals surface area contributed by atoms with E-state index in [2.05, 4.69) is 15.9 Å². The summed E-state index contributed by atoms with van der Waals surface area (Å²) < 4.78 is 29.6. The van der Waals surface area contributed by atoms with Gasteiger partial charge in [-0.05, 0) is 40.9 Å². The third-order valence-electron chi connectivity index (χ3n) is 3.78. The number of benzene rings is 1. The Bertz CT molecular complexity index is 715. The number of hydrogen-bond donors (Lipinski definition) is 0. The average molecular weight is 373 g/mol. The summed E-state index contributed by atoms with van der Waals surface area (Å²) >= 11 is 3.29. The third-order valence-corrected chi connectivity index (χ3v) is 5.61. The van der Waals surface area contributed by atoms with Gasteiger partial charge in [-0.1, -0.05) is 26.0 Å². The van der Waals surface area contributed by atoms with E-state index in [0.717, 1.165) is 6.26 Å². The molecule has 1 aromatic carbocycles. The first kappa shape index (κ1) is 16.2. The monoisotopic (exact) mass is 372 g/mol. The highest BCUT2D eigenvalue weighted by atomic mass is 79.9. The molecule has 1 aliphatic heterocycles. The maximum atomic E-state index is 12.4. The number of Topliss-reactive ketones (excluding diaryl/α,β-unsaturated/α-hetero) is 1. The van der Waals surface area contributed by atoms with Gasteiger partial charge in [-0.15, -0.1) is 0 Å². The molecule has 0 saturated carbocycles. The van der Waals surface area contributed by atoms with Crippen molar-refractivity contribution in [1.29, 1.82) is 0 Å². The van der Waals surface area contributed by atoms with Crippen LogP contribution in [-0.4, -0.2) is 26.1 Å². The summed E-state index contributed by atoms with van der Waals surface area (Å²) in [5, 5.41) is 0. The zero-order valence-corrected chi connectivity index (χ0v) is 14.5. The zero-order chi connectivity index (χ0) is 15.8. The summed E-state index contributed by atoms with van der Waals surface area (Å²) in [6.07, 6.45) is 2.28. The minimum atomic E-state index is -3.30. The van der Waals surface area contributed by atoms with E-state index in [1.165, 1.54) is 12.1 Å². The van der Waals surface area contributed by atoms with E-state index >= 15 is 0 Å². The summed E-state index contributed by atoms with van der Waals surface area (Å²) in [4.78, 5) is 12.6. The van der Waals surface area contributed by atoms with Crippen LogP contribution in [0.1, 0.15) is 32.3 Å². The van der Waals surface area contributed by atoms with E-state index in [1.54, 1.807) is 12.1 Å². The SMILES string of the molecule is CCC1(CC)OC(c2cccc(S(C)(=O)=O)c2)=C(Br)C1=O. The van der Waals surface area contributed by atoms with Crippen molar-refractivity contribution in [2.24, 2.45) is 0 Å². The van der Waals surface area contributed by atoms with Crippen molar-refractivity contribution in [3.63, 3.8) is 0 Å². The number of rotatable bonds is 4. The van der Waals surface area contributed by atoms with Crippen LogP contribution in [0.4, 0.5) is 0 Å². The van der Waals surface area contributed by atoms with Crippen LogP contribution in [0.25, 0.3) is 5.76 Å². The maximum absolute atomic E-state index is 12.4. The first-order chi connectivity index (χ1) is 9.75. The van der Waals surface area contributed by atoms with Crippen LogP contribution < -0.4 is 0 Å². The fourth-order valence-corrected chi connectivity index (χ4v) is 3.70. The number of hydrogen-bond acceptors (Lipinski definition) is 4. The molecule has 0 atom stereocenters. The molecule has 1 aliphatic rings. The second-order valence-corrected chi connectivity index (χ2v) is 7.88. The Balaban J connectivity index is 2.51. The number of carbonyl (C=O) groups is 1. The number of carbonyl (C=O) groups excluding carboxylic acids is 1. The molecule has 6 heteroatoms. The Morgan fingerprint density at radius 3 is 2.33 bits per heavy atom. The van der Waals surface area contributed by atoms with Crippen LogP contribution in [0.5, 0.6) is 0 Å². The lowest BCUT2D eigenvalue weighted by atomic mass is 9.93. The quantitative estimate of drug-likeness (QED) is 0.813. The molecule has 0 fully saturated rings. The van der Waals surface area contributed by atoms with Crippen LogP contribution in [-0.2, 0) is 19.4 Å². The van der Waals surface area contributed by atoms with Gasteiger partial charge in [0.1, 0.15) is 10.2 Å². The fraction of sp³-hybridized carbons (Fsp3) is 0.400. The summed E-state index contributed by atoms with van der Waals surface area (Å²) in [5.41, 5.74) is -0.267. The Hall–Kier alpha value is -1.14. The van der Waals surface area contributed by atoms with Gasteiger partial charge in [0.05, 0.1) is 4.90 Å². The molecule has 21 heavy (non-hydrogen) atoms. The lowest BCUT2D eigenvalue weighted by molar-refractivity contribution is -0.129. The van der Waals surface area contributed by atoms with Crippen LogP contribution in [0.3, 0.4) is 0 Å². The number of ether oxygens (including phenoxy) is 1. The molecule has 0 aromatic heterocycles. The maximum Gasteiger partial charge on any atom is 0.217 e. The predicted molar refractivity (Wildman–Crippen MR) is 84.8 cm³/mol. The van der Waals surface area contributed by atoms with E-state index in [1.807, 2.05) is 13.8 Å². The molecule has 4 nitrogen and oxygen atoms in total. The van der Waals surface area contributed by atoms with Gasteiger partial charge in [-0.25, -0.2) is 8.42 Å². The Morgan fingerprint density at radius 2 is 1.86 bits per heavy atom. The van der Waals surface area contributed by atoms with Crippen LogP contribution in [0.15, 0.2) is 33.6 Å².